The van der Waals surface area contributed by atoms with Crippen LogP contribution in [0.25, 0.3) is 0 Å². The van der Waals surface area contributed by atoms with E-state index in [1.54, 1.807) is 6.92 Å². The summed E-state index contributed by atoms with van der Waals surface area (Å²) in [5.74, 6) is 0.486. The van der Waals surface area contributed by atoms with Crippen molar-refractivity contribution >= 4 is 27.5 Å². The summed E-state index contributed by atoms with van der Waals surface area (Å²) in [7, 11) is 0. The van der Waals surface area contributed by atoms with Crippen LogP contribution in [0.15, 0.2) is 15.5 Å². The highest BCUT2D eigenvalue weighted by Crippen LogP contribution is 2.13. The van der Waals surface area contributed by atoms with Crippen molar-refractivity contribution in [1.29, 1.82) is 0 Å². The van der Waals surface area contributed by atoms with Gasteiger partial charge in [-0.3, -0.25) is 4.79 Å². The summed E-state index contributed by atoms with van der Waals surface area (Å²) in [4.78, 5) is 17.4. The van der Waals surface area contributed by atoms with Gasteiger partial charge in [0.05, 0.1) is 5.38 Å². The number of nitrogens with one attached hydrogen (secondary N) is 1. The Morgan fingerprint density at radius 2 is 2.45 bits per heavy atom. The molecule has 0 radical (unpaired) electrons. The Hall–Kier alpha value is -0.350. The summed E-state index contributed by atoms with van der Waals surface area (Å²) < 4.78 is 0.415. The van der Waals surface area contributed by atoms with Crippen LogP contribution in [-0.4, -0.2) is 9.97 Å². The Kier molecular flexibility index (Phi) is 2.67. The SMILES string of the molecule is CC(Cl)c1ncc(Br)c(=O)[nH]1. The number of H-pyrrole nitrogens is 1. The molecule has 60 valence electrons. The maximum Gasteiger partial charge on any atom is 0.265 e. The molecule has 0 spiro atoms. The van der Waals surface area contributed by atoms with Gasteiger partial charge in [0.2, 0.25) is 0 Å². The van der Waals surface area contributed by atoms with Gasteiger partial charge in [-0.2, -0.15) is 0 Å². The molecule has 0 aliphatic heterocycles. The molecule has 1 N–H and O–H groups in total. The van der Waals surface area contributed by atoms with Crippen molar-refractivity contribution in [3.05, 3.63) is 26.8 Å². The molecule has 0 fully saturated rings. The fourth-order valence-electron chi connectivity index (χ4n) is 0.595. The molecule has 5 heteroatoms. The maximum atomic E-state index is 10.9. The second-order valence-corrected chi connectivity index (χ2v) is 3.57. The van der Waals surface area contributed by atoms with Crippen LogP contribution >= 0.6 is 27.5 Å². The van der Waals surface area contributed by atoms with Crippen LogP contribution in [0.1, 0.15) is 18.1 Å². The van der Waals surface area contributed by atoms with E-state index in [0.717, 1.165) is 0 Å². The third-order valence-corrected chi connectivity index (χ3v) is 1.92. The summed E-state index contributed by atoms with van der Waals surface area (Å²) in [6.07, 6.45) is 1.44. The average molecular weight is 237 g/mol. The van der Waals surface area contributed by atoms with E-state index in [-0.39, 0.29) is 10.9 Å². The summed E-state index contributed by atoms with van der Waals surface area (Å²) in [6, 6.07) is 0. The molecule has 0 bridgehead atoms. The molecule has 11 heavy (non-hydrogen) atoms. The molecule has 0 saturated heterocycles. The van der Waals surface area contributed by atoms with Crippen molar-refractivity contribution < 1.29 is 0 Å². The third-order valence-electron chi connectivity index (χ3n) is 1.15. The second-order valence-electron chi connectivity index (χ2n) is 2.06. The quantitative estimate of drug-likeness (QED) is 0.758. The number of aromatic amines is 1. The number of rotatable bonds is 1. The van der Waals surface area contributed by atoms with E-state index in [0.29, 0.717) is 10.3 Å². The smallest absolute Gasteiger partial charge is 0.265 e. The van der Waals surface area contributed by atoms with Gasteiger partial charge in [0.15, 0.2) is 0 Å². The number of nitrogens with zero attached hydrogens (tertiary/aromatic N) is 1. The molecule has 1 rings (SSSR count). The van der Waals surface area contributed by atoms with E-state index in [1.165, 1.54) is 6.20 Å². The van der Waals surface area contributed by atoms with Crippen LogP contribution < -0.4 is 5.56 Å². The van der Waals surface area contributed by atoms with Crippen LogP contribution in [0, 0.1) is 0 Å². The van der Waals surface area contributed by atoms with Gasteiger partial charge in [-0.05, 0) is 22.9 Å². The summed E-state index contributed by atoms with van der Waals surface area (Å²) >= 11 is 8.71. The molecule has 1 heterocycles. The van der Waals surface area contributed by atoms with Gasteiger partial charge in [0, 0.05) is 6.20 Å². The number of hydrogen-bond donors (Lipinski definition) is 1. The molecule has 1 aromatic heterocycles. The van der Waals surface area contributed by atoms with E-state index < -0.39 is 0 Å². The van der Waals surface area contributed by atoms with E-state index in [1.807, 2.05) is 0 Å². The maximum absolute atomic E-state index is 10.9. The van der Waals surface area contributed by atoms with Crippen molar-refractivity contribution in [2.24, 2.45) is 0 Å². The molecule has 0 saturated carbocycles. The van der Waals surface area contributed by atoms with Gasteiger partial charge >= 0.3 is 0 Å². The lowest BCUT2D eigenvalue weighted by atomic mass is 10.4. The molecule has 3 nitrogen and oxygen atoms in total. The Morgan fingerprint density at radius 3 is 2.91 bits per heavy atom. The van der Waals surface area contributed by atoms with E-state index in [4.69, 9.17) is 11.6 Å². The summed E-state index contributed by atoms with van der Waals surface area (Å²) in [5.41, 5.74) is -0.206. The minimum absolute atomic E-state index is 0.206. The zero-order chi connectivity index (χ0) is 8.43. The van der Waals surface area contributed by atoms with Crippen molar-refractivity contribution in [1.82, 2.24) is 9.97 Å². The number of hydrogen-bond acceptors (Lipinski definition) is 2. The van der Waals surface area contributed by atoms with Crippen molar-refractivity contribution in [3.8, 4) is 0 Å². The molecular weight excluding hydrogens is 231 g/mol. The van der Waals surface area contributed by atoms with E-state index in [9.17, 15) is 4.79 Å². The lowest BCUT2D eigenvalue weighted by Crippen LogP contribution is -2.11. The molecule has 1 unspecified atom stereocenters. The van der Waals surface area contributed by atoms with Crippen LogP contribution in [-0.2, 0) is 0 Å². The normalized spacial score (nSPS) is 13.0. The first-order valence-electron chi connectivity index (χ1n) is 3.00. The zero-order valence-corrected chi connectivity index (χ0v) is 8.11. The molecule has 1 aromatic rings. The number of aromatic nitrogens is 2. The molecule has 0 aliphatic rings. The third kappa shape index (κ3) is 2.04. The number of halogens is 2. The van der Waals surface area contributed by atoms with Gasteiger partial charge in [0.1, 0.15) is 10.3 Å². The van der Waals surface area contributed by atoms with Gasteiger partial charge in [0.25, 0.3) is 5.56 Å². The standard InChI is InChI=1S/C6H6BrClN2O/c1-3(8)5-9-2-4(7)6(11)10-5/h2-3H,1H3,(H,9,10,11). The first kappa shape index (κ1) is 8.74. The minimum Gasteiger partial charge on any atom is -0.308 e. The Morgan fingerprint density at radius 1 is 1.82 bits per heavy atom. The number of alkyl halides is 1. The Labute approximate surface area is 76.9 Å². The van der Waals surface area contributed by atoms with E-state index in [2.05, 4.69) is 25.9 Å². The highest BCUT2D eigenvalue weighted by molar-refractivity contribution is 9.10. The molecule has 0 amide bonds. The Balaban J connectivity index is 3.16. The molecule has 0 aromatic carbocycles. The fourth-order valence-corrected chi connectivity index (χ4v) is 0.908. The summed E-state index contributed by atoms with van der Waals surface area (Å²) in [5, 5.41) is -0.268. The fraction of sp³-hybridized carbons (Fsp3) is 0.333. The topological polar surface area (TPSA) is 45.8 Å². The average Bonchev–Trinajstić information content (AvgIpc) is 1.94. The van der Waals surface area contributed by atoms with Crippen LogP contribution in [0.3, 0.4) is 0 Å². The van der Waals surface area contributed by atoms with Crippen molar-refractivity contribution in [2.75, 3.05) is 0 Å². The lowest BCUT2D eigenvalue weighted by Gasteiger charge is -1.99. The van der Waals surface area contributed by atoms with Crippen molar-refractivity contribution in [2.45, 2.75) is 12.3 Å². The lowest BCUT2D eigenvalue weighted by molar-refractivity contribution is 0.887. The highest BCUT2D eigenvalue weighted by atomic mass is 79.9. The van der Waals surface area contributed by atoms with Gasteiger partial charge in [-0.15, -0.1) is 11.6 Å². The second kappa shape index (κ2) is 3.36. The molecule has 1 atom stereocenters. The van der Waals surface area contributed by atoms with Gasteiger partial charge < -0.3 is 4.98 Å². The first-order valence-corrected chi connectivity index (χ1v) is 4.23. The Bertz CT molecular complexity index is 310. The largest absolute Gasteiger partial charge is 0.308 e. The summed E-state index contributed by atoms with van der Waals surface area (Å²) in [6.45, 7) is 1.74. The van der Waals surface area contributed by atoms with Crippen molar-refractivity contribution in [3.63, 3.8) is 0 Å². The van der Waals surface area contributed by atoms with Crippen LogP contribution in [0.5, 0.6) is 0 Å². The minimum atomic E-state index is -0.268. The molecule has 0 aliphatic carbocycles. The monoisotopic (exact) mass is 236 g/mol. The van der Waals surface area contributed by atoms with E-state index >= 15 is 0 Å². The van der Waals surface area contributed by atoms with Crippen LogP contribution in [0.2, 0.25) is 0 Å². The first-order chi connectivity index (χ1) is 5.11. The van der Waals surface area contributed by atoms with Gasteiger partial charge in [-0.1, -0.05) is 0 Å². The van der Waals surface area contributed by atoms with Gasteiger partial charge in [-0.25, -0.2) is 4.98 Å². The highest BCUT2D eigenvalue weighted by Gasteiger charge is 2.04. The zero-order valence-electron chi connectivity index (χ0n) is 5.77. The molecular formula is C6H6BrClN2O. The predicted molar refractivity (Wildman–Crippen MR) is 46.8 cm³/mol. The predicted octanol–water partition coefficient (Wildman–Crippen LogP) is 1.83. The van der Waals surface area contributed by atoms with Crippen LogP contribution in [0.4, 0.5) is 0 Å².